The van der Waals surface area contributed by atoms with Crippen LogP contribution in [0.5, 0.6) is 0 Å². The van der Waals surface area contributed by atoms with Crippen molar-refractivity contribution in [3.05, 3.63) is 0 Å². The number of nitrogens with zero attached hydrogens (tertiary/aromatic N) is 2. The van der Waals surface area contributed by atoms with Crippen molar-refractivity contribution in [1.82, 2.24) is 20.4 Å². The lowest BCUT2D eigenvalue weighted by Crippen LogP contribution is -2.64. The van der Waals surface area contributed by atoms with Gasteiger partial charge in [-0.1, -0.05) is 12.8 Å². The topological polar surface area (TPSA) is 342 Å². The van der Waals surface area contributed by atoms with Crippen molar-refractivity contribution in [3.63, 3.8) is 0 Å². The summed E-state index contributed by atoms with van der Waals surface area (Å²) in [7, 11) is -4.70. The SMILES string of the molecule is CCOC[C@@H]1C[C@@H](OP(=O)(O)OC[C@@H]2C[C@@H](O)CN2C(=O)CCCCCOC2OC(CO)C(O)C(O)C2NC(C)=O)CN1C(=O)CCCCCOC1OC(CO)C(O)C(O)C1NC(C)=O. The van der Waals surface area contributed by atoms with Gasteiger partial charge in [0.25, 0.3) is 0 Å². The molecule has 4 saturated heterocycles. The van der Waals surface area contributed by atoms with Gasteiger partial charge < -0.3 is 84.8 Å². The number of phosphoric acid groups is 1. The number of β-amino-alcohol motifs (C(OH)–C–C–N with tert-alkyl or cyclic N) is 1. The summed E-state index contributed by atoms with van der Waals surface area (Å²) >= 11 is 0. The minimum Gasteiger partial charge on any atom is -0.394 e. The van der Waals surface area contributed by atoms with Crippen molar-refractivity contribution in [3.8, 4) is 0 Å². The molecule has 25 heteroatoms. The number of amides is 4. The maximum Gasteiger partial charge on any atom is 0.472 e. The van der Waals surface area contributed by atoms with Gasteiger partial charge in [-0.25, -0.2) is 4.57 Å². The van der Waals surface area contributed by atoms with E-state index in [0.29, 0.717) is 45.1 Å². The number of aliphatic hydroxyl groups is 7. The van der Waals surface area contributed by atoms with Gasteiger partial charge in [0.1, 0.15) is 48.7 Å². The Morgan fingerprint density at radius 2 is 1.15 bits per heavy atom. The normalized spacial score (nSPS) is 33.8. The second-order valence-corrected chi connectivity index (χ2v) is 18.3. The maximum atomic E-state index is 13.4. The van der Waals surface area contributed by atoms with E-state index >= 15 is 0 Å². The monoisotopic (exact) mass is 958 g/mol. The van der Waals surface area contributed by atoms with Crippen molar-refractivity contribution in [2.45, 2.75) is 171 Å². The zero-order valence-electron chi connectivity index (χ0n) is 37.3. The van der Waals surface area contributed by atoms with Crippen LogP contribution in [0, 0.1) is 0 Å². The minimum atomic E-state index is -4.70. The quantitative estimate of drug-likeness (QED) is 0.0308. The molecule has 4 fully saturated rings. The third kappa shape index (κ3) is 16.6. The van der Waals surface area contributed by atoms with E-state index in [1.165, 1.54) is 18.7 Å². The van der Waals surface area contributed by atoms with E-state index < -0.39 is 118 Å². The standard InChI is InChI=1S/C40H71N4O20P/c1-4-58-21-26-16-28(18-44(26)32(51)12-8-6-10-14-60-40-34(42-24(3)48)38(55)36(53)30(20-46)63-40)64-65(56,57)61-22-25-15-27(49)17-43(25)31(50)11-7-5-9-13-59-39-33(41-23(2)47)37(54)35(52)29(19-45)62-39/h25-30,33-40,45-46,49,52-55H,4-22H2,1-3H3,(H,41,47)(H,42,48)(H,56,57)/t25-,26-,27+,28+,29?,30?,33?,34?,35?,36?,37?,38?,39?,40?/m0/s1. The Kier molecular flexibility index (Phi) is 22.8. The van der Waals surface area contributed by atoms with Gasteiger partial charge in [-0.05, 0) is 45.4 Å². The lowest BCUT2D eigenvalue weighted by atomic mass is 9.97. The number of carbonyl (C=O) groups excluding carboxylic acids is 4. The number of ether oxygens (including phenoxy) is 5. The summed E-state index contributed by atoms with van der Waals surface area (Å²) in [6.45, 7) is 3.57. The van der Waals surface area contributed by atoms with E-state index in [-0.39, 0.29) is 77.0 Å². The van der Waals surface area contributed by atoms with Crippen molar-refractivity contribution >= 4 is 31.5 Å². The first-order valence-corrected chi connectivity index (χ1v) is 23.9. The van der Waals surface area contributed by atoms with Crippen LogP contribution in [0.3, 0.4) is 0 Å². The van der Waals surface area contributed by atoms with Crippen molar-refractivity contribution in [1.29, 1.82) is 0 Å². The number of carbonyl (C=O) groups is 4. The highest BCUT2D eigenvalue weighted by molar-refractivity contribution is 7.47. The highest BCUT2D eigenvalue weighted by Gasteiger charge is 2.47. The molecule has 376 valence electrons. The largest absolute Gasteiger partial charge is 0.472 e. The molecule has 10 N–H and O–H groups in total. The predicted octanol–water partition coefficient (Wildman–Crippen LogP) is -2.87. The third-order valence-corrected chi connectivity index (χ3v) is 12.8. The van der Waals surface area contributed by atoms with E-state index in [1.807, 2.05) is 0 Å². The molecule has 0 saturated carbocycles. The van der Waals surface area contributed by atoms with E-state index in [0.717, 1.165) is 0 Å². The second kappa shape index (κ2) is 26.9. The molecule has 4 aliphatic rings. The van der Waals surface area contributed by atoms with Gasteiger partial charge in [0.15, 0.2) is 12.6 Å². The van der Waals surface area contributed by atoms with Crippen molar-refractivity contribution in [2.75, 3.05) is 59.3 Å². The Morgan fingerprint density at radius 1 is 0.677 bits per heavy atom. The Morgan fingerprint density at radius 3 is 1.62 bits per heavy atom. The Labute approximate surface area is 378 Å². The van der Waals surface area contributed by atoms with Crippen LogP contribution in [0.1, 0.15) is 85.0 Å². The number of unbranched alkanes of at least 4 members (excludes halogenated alkanes) is 4. The first-order valence-electron chi connectivity index (χ1n) is 22.4. The molecule has 0 spiro atoms. The van der Waals surface area contributed by atoms with Crippen LogP contribution in [0.2, 0.25) is 0 Å². The second-order valence-electron chi connectivity index (χ2n) is 16.9. The molecule has 15 atom stereocenters. The van der Waals surface area contributed by atoms with E-state index in [4.69, 9.17) is 32.7 Å². The fourth-order valence-electron chi connectivity index (χ4n) is 8.44. The predicted molar refractivity (Wildman–Crippen MR) is 223 cm³/mol. The molecule has 4 aliphatic heterocycles. The summed E-state index contributed by atoms with van der Waals surface area (Å²) in [4.78, 5) is 63.6. The lowest BCUT2D eigenvalue weighted by molar-refractivity contribution is -0.270. The van der Waals surface area contributed by atoms with Gasteiger partial charge in [-0.15, -0.1) is 0 Å². The van der Waals surface area contributed by atoms with Gasteiger partial charge in [0.2, 0.25) is 23.6 Å². The molecule has 0 aromatic heterocycles. The molecule has 0 aliphatic carbocycles. The van der Waals surface area contributed by atoms with Gasteiger partial charge in [0, 0.05) is 59.6 Å². The van der Waals surface area contributed by atoms with Gasteiger partial charge in [0.05, 0.1) is 50.7 Å². The van der Waals surface area contributed by atoms with Crippen LogP contribution >= 0.6 is 7.82 Å². The summed E-state index contributed by atoms with van der Waals surface area (Å²) in [5.74, 6) is -1.46. The Balaban J connectivity index is 1.18. The highest BCUT2D eigenvalue weighted by Crippen LogP contribution is 2.47. The third-order valence-electron chi connectivity index (χ3n) is 11.8. The van der Waals surface area contributed by atoms with E-state index in [2.05, 4.69) is 10.6 Å². The Bertz CT molecular complexity index is 1550. The molecule has 65 heavy (non-hydrogen) atoms. The Hall–Kier alpha value is -2.49. The first kappa shape index (κ1) is 55.1. The van der Waals surface area contributed by atoms with Crippen LogP contribution in [0.25, 0.3) is 0 Å². The van der Waals surface area contributed by atoms with Crippen LogP contribution in [-0.4, -0.2) is 219 Å². The summed E-state index contributed by atoms with van der Waals surface area (Å²) in [6, 6.07) is -3.27. The minimum absolute atomic E-state index is 0.00691. The maximum absolute atomic E-state index is 13.4. The van der Waals surface area contributed by atoms with Gasteiger partial charge >= 0.3 is 7.82 Å². The molecule has 11 unspecified atom stereocenters. The number of rotatable bonds is 26. The van der Waals surface area contributed by atoms with Gasteiger partial charge in [-0.3, -0.25) is 28.2 Å². The summed E-state index contributed by atoms with van der Waals surface area (Å²) in [6.07, 6.45) is -8.47. The molecule has 4 rings (SSSR count). The fourth-order valence-corrected chi connectivity index (χ4v) is 9.39. The molecule has 0 aromatic carbocycles. The molecule has 4 amide bonds. The summed E-state index contributed by atoms with van der Waals surface area (Å²) < 4.78 is 52.2. The van der Waals surface area contributed by atoms with E-state index in [1.54, 1.807) is 11.8 Å². The molecule has 0 bridgehead atoms. The van der Waals surface area contributed by atoms with Crippen LogP contribution in [0.4, 0.5) is 0 Å². The van der Waals surface area contributed by atoms with Gasteiger partial charge in [-0.2, -0.15) is 0 Å². The number of hydrogen-bond donors (Lipinski definition) is 10. The van der Waals surface area contributed by atoms with Crippen LogP contribution < -0.4 is 10.6 Å². The smallest absolute Gasteiger partial charge is 0.394 e. The molecule has 4 heterocycles. The van der Waals surface area contributed by atoms with E-state index in [9.17, 15) is 64.4 Å². The average molecular weight is 959 g/mol. The number of likely N-dealkylation sites (tertiary alicyclic amines) is 2. The summed E-state index contributed by atoms with van der Waals surface area (Å²) in [5.41, 5.74) is 0. The van der Waals surface area contributed by atoms with Crippen molar-refractivity contribution < 1.29 is 97.1 Å². The highest BCUT2D eigenvalue weighted by atomic mass is 31.2. The summed E-state index contributed by atoms with van der Waals surface area (Å²) in [5, 5.41) is 75.6. The molecular formula is C40H71N4O20P. The molecular weight excluding hydrogens is 887 g/mol. The zero-order valence-corrected chi connectivity index (χ0v) is 38.2. The van der Waals surface area contributed by atoms with Crippen LogP contribution in [-0.2, 0) is 56.5 Å². The molecule has 0 radical (unpaired) electrons. The lowest BCUT2D eigenvalue weighted by Gasteiger charge is -2.42. The zero-order chi connectivity index (χ0) is 47.8. The first-order chi connectivity index (χ1) is 30.9. The average Bonchev–Trinajstić information content (AvgIpc) is 3.84. The van der Waals surface area contributed by atoms with Crippen molar-refractivity contribution in [2.24, 2.45) is 0 Å². The number of phosphoric ester groups is 1. The fraction of sp³-hybridized carbons (Fsp3) is 0.900. The molecule has 24 nitrogen and oxygen atoms in total. The van der Waals surface area contributed by atoms with Crippen LogP contribution in [0.15, 0.2) is 0 Å². The number of hydrogen-bond acceptors (Lipinski definition) is 19. The number of nitrogens with one attached hydrogen (secondary N) is 2. The molecule has 0 aromatic rings. The number of aliphatic hydroxyl groups excluding tert-OH is 7.